The lowest BCUT2D eigenvalue weighted by atomic mass is 10.1. The fourth-order valence-corrected chi connectivity index (χ4v) is 1.47. The molecule has 0 aliphatic carbocycles. The Kier molecular flexibility index (Phi) is 5.60. The van der Waals surface area contributed by atoms with Crippen LogP contribution in [0.15, 0.2) is 24.3 Å². The fourth-order valence-electron chi connectivity index (χ4n) is 1.35. The molecule has 3 amide bonds. The maximum Gasteiger partial charge on any atom is 0.416 e. The molecule has 9 heteroatoms. The van der Waals surface area contributed by atoms with E-state index in [1.165, 1.54) is 0 Å². The van der Waals surface area contributed by atoms with E-state index in [-0.39, 0.29) is 6.54 Å². The molecule has 0 aliphatic heterocycles. The zero-order chi connectivity index (χ0) is 15.1. The maximum atomic E-state index is 11.1. The fraction of sp³-hybridized carbons (Fsp3) is 0.182. The first kappa shape index (κ1) is 15.6. The van der Waals surface area contributed by atoms with Crippen LogP contribution < -0.4 is 16.8 Å². The summed E-state index contributed by atoms with van der Waals surface area (Å²) in [6.07, 6.45) is -4.19. The van der Waals surface area contributed by atoms with Crippen LogP contribution in [0.5, 0.6) is 0 Å². The number of amides is 3. The number of carbonyl (C=O) groups is 3. The van der Waals surface area contributed by atoms with Crippen LogP contribution in [0.2, 0.25) is 5.02 Å². The van der Waals surface area contributed by atoms with Gasteiger partial charge in [-0.15, -0.1) is 0 Å². The van der Waals surface area contributed by atoms with E-state index in [9.17, 15) is 14.4 Å². The lowest BCUT2D eigenvalue weighted by Gasteiger charge is -2.17. The molecule has 0 heterocycles. The third-order valence-corrected chi connectivity index (χ3v) is 2.38. The number of nitrogens with one attached hydrogen (secondary N) is 1. The summed E-state index contributed by atoms with van der Waals surface area (Å²) in [4.78, 5) is 32.3. The van der Waals surface area contributed by atoms with Crippen molar-refractivity contribution >= 4 is 29.9 Å². The first-order valence-electron chi connectivity index (χ1n) is 5.35. The van der Waals surface area contributed by atoms with E-state index in [1.54, 1.807) is 24.3 Å². The highest BCUT2D eigenvalue weighted by molar-refractivity contribution is 6.30. The molecule has 0 aliphatic rings. The largest absolute Gasteiger partial charge is 0.440 e. The summed E-state index contributed by atoms with van der Waals surface area (Å²) in [5.41, 5.74) is 10.2. The molecule has 1 atom stereocenters. The SMILES string of the molecule is NC(=O)OC(=O)NC[C@H](OC(N)=O)c1ccc(Cl)cc1. The van der Waals surface area contributed by atoms with E-state index in [4.69, 9.17) is 22.1 Å². The first-order valence-corrected chi connectivity index (χ1v) is 5.73. The minimum Gasteiger partial charge on any atom is -0.440 e. The van der Waals surface area contributed by atoms with E-state index < -0.39 is 24.4 Å². The summed E-state index contributed by atoms with van der Waals surface area (Å²) in [5.74, 6) is 0. The predicted molar refractivity (Wildman–Crippen MR) is 68.9 cm³/mol. The van der Waals surface area contributed by atoms with Crippen molar-refractivity contribution in [2.24, 2.45) is 11.5 Å². The van der Waals surface area contributed by atoms with Crippen LogP contribution in [0.25, 0.3) is 0 Å². The Labute approximate surface area is 119 Å². The van der Waals surface area contributed by atoms with Crippen LogP contribution in [0.1, 0.15) is 11.7 Å². The van der Waals surface area contributed by atoms with Crippen LogP contribution >= 0.6 is 11.6 Å². The smallest absolute Gasteiger partial charge is 0.416 e. The predicted octanol–water partition coefficient (Wildman–Crippen LogP) is 1.28. The quantitative estimate of drug-likeness (QED) is 0.720. The third-order valence-electron chi connectivity index (χ3n) is 2.13. The van der Waals surface area contributed by atoms with Gasteiger partial charge in [0.15, 0.2) is 0 Å². The topological polar surface area (TPSA) is 134 Å². The number of rotatable bonds is 4. The molecule has 0 unspecified atom stereocenters. The summed E-state index contributed by atoms with van der Waals surface area (Å²) >= 11 is 5.73. The second-order valence-electron chi connectivity index (χ2n) is 3.57. The molecule has 1 aromatic rings. The zero-order valence-corrected chi connectivity index (χ0v) is 10.9. The molecule has 0 radical (unpaired) electrons. The Balaban J connectivity index is 2.69. The lowest BCUT2D eigenvalue weighted by Crippen LogP contribution is -2.34. The number of nitrogens with two attached hydrogens (primary N) is 2. The van der Waals surface area contributed by atoms with Gasteiger partial charge in [0.2, 0.25) is 0 Å². The summed E-state index contributed by atoms with van der Waals surface area (Å²) in [5, 5.41) is 2.70. The van der Waals surface area contributed by atoms with Crippen molar-refractivity contribution in [3.05, 3.63) is 34.9 Å². The van der Waals surface area contributed by atoms with Gasteiger partial charge in [0, 0.05) is 5.02 Å². The van der Waals surface area contributed by atoms with Crippen molar-refractivity contribution in [3.8, 4) is 0 Å². The lowest BCUT2D eigenvalue weighted by molar-refractivity contribution is 0.102. The van der Waals surface area contributed by atoms with Crippen molar-refractivity contribution in [1.82, 2.24) is 5.32 Å². The third kappa shape index (κ3) is 5.44. The summed E-state index contributed by atoms with van der Waals surface area (Å²) < 4.78 is 8.90. The molecule has 0 bridgehead atoms. The van der Waals surface area contributed by atoms with E-state index in [1.807, 2.05) is 0 Å². The van der Waals surface area contributed by atoms with Gasteiger partial charge in [0.05, 0.1) is 6.54 Å². The van der Waals surface area contributed by atoms with Crippen LogP contribution in [-0.2, 0) is 9.47 Å². The summed E-state index contributed by atoms with van der Waals surface area (Å²) in [7, 11) is 0. The number of alkyl carbamates (subject to hydrolysis) is 1. The molecule has 8 nitrogen and oxygen atoms in total. The standard InChI is InChI=1S/C11H12ClN3O5/c12-7-3-1-6(2-4-7)8(19-9(13)16)5-15-11(18)20-10(14)17/h1-4,8H,5H2,(H2,13,16)(H2,14,17)(H,15,18)/t8-/m0/s1. The molecule has 108 valence electrons. The van der Waals surface area contributed by atoms with Crippen molar-refractivity contribution in [2.75, 3.05) is 6.54 Å². The number of ether oxygens (including phenoxy) is 2. The molecule has 0 saturated carbocycles. The van der Waals surface area contributed by atoms with Gasteiger partial charge in [-0.2, -0.15) is 0 Å². The number of hydrogen-bond donors (Lipinski definition) is 3. The molecule has 1 rings (SSSR count). The number of carbonyl (C=O) groups excluding carboxylic acids is 3. The van der Waals surface area contributed by atoms with Crippen LogP contribution in [0.4, 0.5) is 14.4 Å². The number of hydrogen-bond acceptors (Lipinski definition) is 5. The average molecular weight is 302 g/mol. The molecule has 5 N–H and O–H groups in total. The Bertz CT molecular complexity index is 505. The maximum absolute atomic E-state index is 11.1. The van der Waals surface area contributed by atoms with E-state index in [2.05, 4.69) is 15.8 Å². The van der Waals surface area contributed by atoms with Crippen molar-refractivity contribution in [3.63, 3.8) is 0 Å². The zero-order valence-electron chi connectivity index (χ0n) is 10.2. The van der Waals surface area contributed by atoms with Crippen LogP contribution in [0.3, 0.4) is 0 Å². The van der Waals surface area contributed by atoms with Gasteiger partial charge < -0.3 is 26.3 Å². The second-order valence-corrected chi connectivity index (χ2v) is 4.00. The molecular weight excluding hydrogens is 290 g/mol. The van der Waals surface area contributed by atoms with E-state index >= 15 is 0 Å². The Morgan fingerprint density at radius 1 is 1.15 bits per heavy atom. The molecule has 0 spiro atoms. The Morgan fingerprint density at radius 3 is 2.25 bits per heavy atom. The van der Waals surface area contributed by atoms with Gasteiger partial charge in [0.1, 0.15) is 6.10 Å². The van der Waals surface area contributed by atoms with Gasteiger partial charge in [-0.05, 0) is 17.7 Å². The van der Waals surface area contributed by atoms with Gasteiger partial charge in [-0.25, -0.2) is 14.4 Å². The van der Waals surface area contributed by atoms with Gasteiger partial charge in [-0.1, -0.05) is 23.7 Å². The molecule has 0 aromatic heterocycles. The van der Waals surface area contributed by atoms with Crippen LogP contribution in [-0.4, -0.2) is 24.8 Å². The van der Waals surface area contributed by atoms with Crippen molar-refractivity contribution in [2.45, 2.75) is 6.10 Å². The summed E-state index contributed by atoms with van der Waals surface area (Å²) in [6, 6.07) is 6.35. The van der Waals surface area contributed by atoms with Crippen molar-refractivity contribution in [1.29, 1.82) is 0 Å². The van der Waals surface area contributed by atoms with Crippen molar-refractivity contribution < 1.29 is 23.9 Å². The molecule has 20 heavy (non-hydrogen) atoms. The number of benzene rings is 1. The van der Waals surface area contributed by atoms with Gasteiger partial charge in [-0.3, -0.25) is 0 Å². The Morgan fingerprint density at radius 2 is 1.75 bits per heavy atom. The highest BCUT2D eigenvalue weighted by Crippen LogP contribution is 2.19. The highest BCUT2D eigenvalue weighted by atomic mass is 35.5. The monoisotopic (exact) mass is 301 g/mol. The molecule has 0 saturated heterocycles. The second kappa shape index (κ2) is 7.19. The minimum atomic E-state index is -1.25. The van der Waals surface area contributed by atoms with E-state index in [0.29, 0.717) is 10.6 Å². The molecular formula is C11H12ClN3O5. The normalized spacial score (nSPS) is 11.2. The molecule has 1 aromatic carbocycles. The molecule has 0 fully saturated rings. The minimum absolute atomic E-state index is 0.156. The highest BCUT2D eigenvalue weighted by Gasteiger charge is 2.17. The summed E-state index contributed by atoms with van der Waals surface area (Å²) in [6.45, 7) is -0.156. The van der Waals surface area contributed by atoms with E-state index in [0.717, 1.165) is 0 Å². The number of halogens is 1. The van der Waals surface area contributed by atoms with Gasteiger partial charge in [0.25, 0.3) is 0 Å². The van der Waals surface area contributed by atoms with Crippen LogP contribution in [0, 0.1) is 0 Å². The average Bonchev–Trinajstić information content (AvgIpc) is 2.34. The first-order chi connectivity index (χ1) is 9.38. The Hall–Kier alpha value is -2.48. The van der Waals surface area contributed by atoms with Gasteiger partial charge >= 0.3 is 18.3 Å². The number of primary amides is 2.